The molecule has 0 N–H and O–H groups in total. The third-order valence-electron chi connectivity index (χ3n) is 3.05. The SMILES string of the molecule is N#Cc1ccc(CSc2ncnc3ccccc23)c(F)c1. The molecule has 0 aliphatic rings. The summed E-state index contributed by atoms with van der Waals surface area (Å²) in [6.07, 6.45) is 1.51. The maximum atomic E-state index is 13.9. The molecule has 0 fully saturated rings. The van der Waals surface area contributed by atoms with Gasteiger partial charge in [0.2, 0.25) is 0 Å². The van der Waals surface area contributed by atoms with Crippen LogP contribution in [0.4, 0.5) is 4.39 Å². The van der Waals surface area contributed by atoms with Crippen molar-refractivity contribution >= 4 is 22.7 Å². The fourth-order valence-electron chi connectivity index (χ4n) is 1.98. The molecule has 0 aliphatic carbocycles. The van der Waals surface area contributed by atoms with E-state index in [-0.39, 0.29) is 5.82 Å². The number of rotatable bonds is 3. The second-order valence-electron chi connectivity index (χ2n) is 4.40. The molecule has 3 rings (SSSR count). The third-order valence-corrected chi connectivity index (χ3v) is 4.11. The molecule has 0 aliphatic heterocycles. The number of hydrogen-bond donors (Lipinski definition) is 0. The van der Waals surface area contributed by atoms with Gasteiger partial charge in [-0.25, -0.2) is 14.4 Å². The standard InChI is InChI=1S/C16H10FN3S/c17-14-7-11(8-18)5-6-12(14)9-21-16-13-3-1-2-4-15(13)19-10-20-16/h1-7,10H,9H2. The van der Waals surface area contributed by atoms with Crippen LogP contribution in [-0.2, 0) is 5.75 Å². The van der Waals surface area contributed by atoms with Crippen LogP contribution >= 0.6 is 11.8 Å². The number of benzene rings is 2. The maximum Gasteiger partial charge on any atom is 0.128 e. The monoisotopic (exact) mass is 295 g/mol. The van der Waals surface area contributed by atoms with Crippen LogP contribution in [-0.4, -0.2) is 9.97 Å². The van der Waals surface area contributed by atoms with E-state index in [1.54, 1.807) is 12.1 Å². The Balaban J connectivity index is 1.86. The Kier molecular flexibility index (Phi) is 3.80. The molecule has 2 aromatic carbocycles. The number of fused-ring (bicyclic) bond motifs is 1. The van der Waals surface area contributed by atoms with Crippen LogP contribution in [0.1, 0.15) is 11.1 Å². The van der Waals surface area contributed by atoms with Crippen LogP contribution in [0.15, 0.2) is 53.8 Å². The van der Waals surface area contributed by atoms with Gasteiger partial charge in [0.15, 0.2) is 0 Å². The Morgan fingerprint density at radius 2 is 2.00 bits per heavy atom. The van der Waals surface area contributed by atoms with Crippen molar-refractivity contribution in [1.29, 1.82) is 5.26 Å². The average molecular weight is 295 g/mol. The number of para-hydroxylation sites is 1. The normalized spacial score (nSPS) is 10.5. The van der Waals surface area contributed by atoms with Gasteiger partial charge in [-0.2, -0.15) is 5.26 Å². The molecular weight excluding hydrogens is 285 g/mol. The summed E-state index contributed by atoms with van der Waals surface area (Å²) in [5.74, 6) is 0.0957. The Labute approximate surface area is 125 Å². The number of nitrogens with zero attached hydrogens (tertiary/aromatic N) is 3. The minimum absolute atomic E-state index is 0.328. The quantitative estimate of drug-likeness (QED) is 0.542. The van der Waals surface area contributed by atoms with Gasteiger partial charge in [0.05, 0.1) is 17.1 Å². The van der Waals surface area contributed by atoms with Crippen molar-refractivity contribution in [3.05, 3.63) is 65.7 Å². The zero-order chi connectivity index (χ0) is 14.7. The van der Waals surface area contributed by atoms with Gasteiger partial charge in [-0.3, -0.25) is 0 Å². The molecule has 1 aromatic heterocycles. The van der Waals surface area contributed by atoms with E-state index < -0.39 is 0 Å². The number of hydrogen-bond acceptors (Lipinski definition) is 4. The fraction of sp³-hybridized carbons (Fsp3) is 0.0625. The summed E-state index contributed by atoms with van der Waals surface area (Å²) in [4.78, 5) is 8.46. The molecule has 21 heavy (non-hydrogen) atoms. The van der Waals surface area contributed by atoms with Gasteiger partial charge in [0.1, 0.15) is 17.2 Å². The van der Waals surface area contributed by atoms with Crippen molar-refractivity contribution < 1.29 is 4.39 Å². The van der Waals surface area contributed by atoms with Crippen LogP contribution in [0.5, 0.6) is 0 Å². The van der Waals surface area contributed by atoms with E-state index in [2.05, 4.69) is 9.97 Å². The van der Waals surface area contributed by atoms with E-state index in [0.717, 1.165) is 15.9 Å². The first-order valence-electron chi connectivity index (χ1n) is 6.29. The van der Waals surface area contributed by atoms with Crippen molar-refractivity contribution in [2.75, 3.05) is 0 Å². The second-order valence-corrected chi connectivity index (χ2v) is 5.37. The Hall–Kier alpha value is -2.45. The predicted octanol–water partition coefficient (Wildman–Crippen LogP) is 3.93. The van der Waals surface area contributed by atoms with E-state index in [9.17, 15) is 4.39 Å². The van der Waals surface area contributed by atoms with Crippen molar-refractivity contribution in [3.63, 3.8) is 0 Å². The zero-order valence-electron chi connectivity index (χ0n) is 11.0. The van der Waals surface area contributed by atoms with Crippen LogP contribution in [0.3, 0.4) is 0 Å². The van der Waals surface area contributed by atoms with Gasteiger partial charge in [-0.05, 0) is 23.8 Å². The molecule has 102 valence electrons. The Morgan fingerprint density at radius 3 is 2.81 bits per heavy atom. The molecule has 1 heterocycles. The fourth-order valence-corrected chi connectivity index (χ4v) is 2.95. The molecule has 0 amide bonds. The highest BCUT2D eigenvalue weighted by atomic mass is 32.2. The molecule has 3 nitrogen and oxygen atoms in total. The van der Waals surface area contributed by atoms with E-state index in [1.807, 2.05) is 30.3 Å². The molecular formula is C16H10FN3S. The highest BCUT2D eigenvalue weighted by Gasteiger charge is 2.07. The van der Waals surface area contributed by atoms with Gasteiger partial charge in [-0.15, -0.1) is 11.8 Å². The molecule has 0 bridgehead atoms. The molecule has 0 saturated heterocycles. The van der Waals surface area contributed by atoms with Crippen molar-refractivity contribution in [2.45, 2.75) is 10.8 Å². The summed E-state index contributed by atoms with van der Waals surface area (Å²) >= 11 is 1.46. The number of halogens is 1. The van der Waals surface area contributed by atoms with Crippen molar-refractivity contribution in [2.24, 2.45) is 0 Å². The summed E-state index contributed by atoms with van der Waals surface area (Å²) in [6, 6.07) is 14.2. The second kappa shape index (κ2) is 5.90. The van der Waals surface area contributed by atoms with Crippen LogP contribution in [0, 0.1) is 17.1 Å². The molecule has 0 spiro atoms. The Morgan fingerprint density at radius 1 is 1.14 bits per heavy atom. The minimum atomic E-state index is -0.361. The number of aromatic nitrogens is 2. The Bertz CT molecular complexity index is 837. The zero-order valence-corrected chi connectivity index (χ0v) is 11.8. The summed E-state index contributed by atoms with van der Waals surface area (Å²) in [7, 11) is 0. The lowest BCUT2D eigenvalue weighted by molar-refractivity contribution is 0.617. The summed E-state index contributed by atoms with van der Waals surface area (Å²) in [5, 5.41) is 10.5. The highest BCUT2D eigenvalue weighted by Crippen LogP contribution is 2.28. The lowest BCUT2D eigenvalue weighted by Crippen LogP contribution is -1.91. The lowest BCUT2D eigenvalue weighted by Gasteiger charge is -2.05. The average Bonchev–Trinajstić information content (AvgIpc) is 2.53. The van der Waals surface area contributed by atoms with Gasteiger partial charge < -0.3 is 0 Å². The molecule has 0 unspecified atom stereocenters. The first-order chi connectivity index (χ1) is 10.3. The van der Waals surface area contributed by atoms with Crippen LogP contribution in [0.2, 0.25) is 0 Å². The van der Waals surface area contributed by atoms with Crippen LogP contribution in [0.25, 0.3) is 10.9 Å². The molecule has 0 radical (unpaired) electrons. The number of thioether (sulfide) groups is 1. The topological polar surface area (TPSA) is 49.6 Å². The predicted molar refractivity (Wildman–Crippen MR) is 80.2 cm³/mol. The van der Waals surface area contributed by atoms with Crippen molar-refractivity contribution in [3.8, 4) is 6.07 Å². The smallest absolute Gasteiger partial charge is 0.128 e. The highest BCUT2D eigenvalue weighted by molar-refractivity contribution is 7.98. The van der Waals surface area contributed by atoms with Gasteiger partial charge >= 0.3 is 0 Å². The van der Waals surface area contributed by atoms with E-state index in [4.69, 9.17) is 5.26 Å². The molecule has 3 aromatic rings. The first-order valence-corrected chi connectivity index (χ1v) is 7.27. The van der Waals surface area contributed by atoms with Gasteiger partial charge in [-0.1, -0.05) is 24.3 Å². The summed E-state index contributed by atoms with van der Waals surface area (Å²) in [6.45, 7) is 0. The summed E-state index contributed by atoms with van der Waals surface area (Å²) < 4.78 is 13.9. The maximum absolute atomic E-state index is 13.9. The third kappa shape index (κ3) is 2.86. The largest absolute Gasteiger partial charge is 0.236 e. The molecule has 5 heteroatoms. The van der Waals surface area contributed by atoms with Gasteiger partial charge in [0, 0.05) is 11.1 Å². The van der Waals surface area contributed by atoms with Crippen LogP contribution < -0.4 is 0 Å². The lowest BCUT2D eigenvalue weighted by atomic mass is 10.1. The van der Waals surface area contributed by atoms with E-state index in [1.165, 1.54) is 24.2 Å². The molecule has 0 saturated carbocycles. The summed E-state index contributed by atoms with van der Waals surface area (Å²) in [5.41, 5.74) is 1.76. The number of nitriles is 1. The van der Waals surface area contributed by atoms with E-state index >= 15 is 0 Å². The molecule has 0 atom stereocenters. The van der Waals surface area contributed by atoms with E-state index in [0.29, 0.717) is 16.9 Å². The minimum Gasteiger partial charge on any atom is -0.236 e. The first kappa shape index (κ1) is 13.5. The van der Waals surface area contributed by atoms with Gasteiger partial charge in [0.25, 0.3) is 0 Å². The van der Waals surface area contributed by atoms with Crippen molar-refractivity contribution in [1.82, 2.24) is 9.97 Å².